The van der Waals surface area contributed by atoms with Gasteiger partial charge in [0.15, 0.2) is 5.76 Å². The quantitative estimate of drug-likeness (QED) is 0.473. The summed E-state index contributed by atoms with van der Waals surface area (Å²) in [6.45, 7) is 12.8. The molecule has 0 aliphatic carbocycles. The molecule has 2 aromatic carbocycles. The summed E-state index contributed by atoms with van der Waals surface area (Å²) in [5.74, 6) is 1.55. The minimum absolute atomic E-state index is 0.143. The lowest BCUT2D eigenvalue weighted by Crippen LogP contribution is -2.10. The maximum atomic E-state index is 9.06. The Morgan fingerprint density at radius 3 is 1.87 bits per heavy atom. The second-order valence-electron chi connectivity index (χ2n) is 7.71. The molecule has 2 N–H and O–H groups in total. The van der Waals surface area contributed by atoms with E-state index in [9.17, 15) is 0 Å². The van der Waals surface area contributed by atoms with Crippen LogP contribution in [-0.2, 0) is 16.6 Å². The molecule has 0 bridgehead atoms. The lowest BCUT2D eigenvalue weighted by Gasteiger charge is -2.18. The summed E-state index contributed by atoms with van der Waals surface area (Å²) in [5.41, 5.74) is 5.60. The Balaban J connectivity index is 0.000000720. The van der Waals surface area contributed by atoms with Gasteiger partial charge in [0.25, 0.3) is 0 Å². The molecular formula is C26H37N3O2. The Morgan fingerprint density at radius 1 is 0.935 bits per heavy atom. The SMILES string of the molecule is CC.CCc1nc(-c2ccc(C(C)(C)C)cc2)oc1-c1ccc(NC)cc1.CNC=O. The van der Waals surface area contributed by atoms with Crippen molar-refractivity contribution < 1.29 is 9.21 Å². The summed E-state index contributed by atoms with van der Waals surface area (Å²) in [6.07, 6.45) is 1.46. The molecule has 1 amide bonds. The molecule has 0 unspecified atom stereocenters. The number of nitrogens with zero attached hydrogens (tertiary/aromatic N) is 1. The predicted octanol–water partition coefficient (Wildman–Crippen LogP) is 6.30. The number of anilines is 1. The van der Waals surface area contributed by atoms with Crippen molar-refractivity contribution in [3.63, 3.8) is 0 Å². The van der Waals surface area contributed by atoms with Gasteiger partial charge in [-0.05, 0) is 53.8 Å². The van der Waals surface area contributed by atoms with Crippen LogP contribution in [0.3, 0.4) is 0 Å². The van der Waals surface area contributed by atoms with Crippen LogP contribution in [0.5, 0.6) is 0 Å². The van der Waals surface area contributed by atoms with E-state index in [-0.39, 0.29) is 5.41 Å². The summed E-state index contributed by atoms with van der Waals surface area (Å²) < 4.78 is 6.15. The first kappa shape index (κ1) is 26.0. The maximum absolute atomic E-state index is 9.06. The number of carbonyl (C=O) groups is 1. The van der Waals surface area contributed by atoms with E-state index in [2.05, 4.69) is 86.9 Å². The third-order valence-electron chi connectivity index (χ3n) is 4.58. The number of rotatable bonds is 5. The highest BCUT2D eigenvalue weighted by Gasteiger charge is 2.17. The number of benzene rings is 2. The summed E-state index contributed by atoms with van der Waals surface area (Å²) in [6, 6.07) is 16.7. The molecule has 0 radical (unpaired) electrons. The molecule has 5 nitrogen and oxygen atoms in total. The predicted molar refractivity (Wildman–Crippen MR) is 131 cm³/mol. The molecule has 0 saturated carbocycles. The fourth-order valence-electron chi connectivity index (χ4n) is 2.84. The monoisotopic (exact) mass is 423 g/mol. The summed E-state index contributed by atoms with van der Waals surface area (Å²) in [7, 11) is 3.48. The zero-order valence-corrected chi connectivity index (χ0v) is 20.2. The fourth-order valence-corrected chi connectivity index (χ4v) is 2.84. The molecule has 168 valence electrons. The van der Waals surface area contributed by atoms with Gasteiger partial charge in [0.2, 0.25) is 12.3 Å². The number of nitrogens with one attached hydrogen (secondary N) is 2. The number of carbonyl (C=O) groups excluding carboxylic acids is 1. The third-order valence-corrected chi connectivity index (χ3v) is 4.58. The Labute approximate surface area is 187 Å². The molecule has 0 spiro atoms. The highest BCUT2D eigenvalue weighted by molar-refractivity contribution is 5.66. The van der Waals surface area contributed by atoms with Crippen molar-refractivity contribution in [1.82, 2.24) is 10.3 Å². The molecule has 1 heterocycles. The van der Waals surface area contributed by atoms with Crippen molar-refractivity contribution in [3.05, 3.63) is 59.8 Å². The van der Waals surface area contributed by atoms with E-state index in [1.165, 1.54) is 5.56 Å². The summed E-state index contributed by atoms with van der Waals surface area (Å²) in [5, 5.41) is 5.39. The normalized spacial score (nSPS) is 10.2. The maximum Gasteiger partial charge on any atom is 0.227 e. The third kappa shape index (κ3) is 7.28. The standard InChI is InChI=1S/C22H26N2O.C2H5NO.C2H6/c1-6-19-20(15-9-13-18(23-5)14-10-15)25-21(24-19)16-7-11-17(12-8-16)22(2,3)4;1-3-2-4;1-2/h7-14,23H,6H2,1-5H3;2H,1H3,(H,3,4);1-2H3. The van der Waals surface area contributed by atoms with Gasteiger partial charge in [-0.15, -0.1) is 0 Å². The van der Waals surface area contributed by atoms with Crippen molar-refractivity contribution in [2.45, 2.75) is 53.4 Å². The van der Waals surface area contributed by atoms with E-state index in [1.807, 2.05) is 20.9 Å². The van der Waals surface area contributed by atoms with Crippen LogP contribution in [-0.4, -0.2) is 25.5 Å². The average molecular weight is 424 g/mol. The van der Waals surface area contributed by atoms with Gasteiger partial charge in [0, 0.05) is 30.9 Å². The van der Waals surface area contributed by atoms with Gasteiger partial charge in [-0.1, -0.05) is 53.7 Å². The van der Waals surface area contributed by atoms with Crippen LogP contribution in [0.15, 0.2) is 52.9 Å². The van der Waals surface area contributed by atoms with Crippen LogP contribution in [0.4, 0.5) is 5.69 Å². The molecule has 0 atom stereocenters. The van der Waals surface area contributed by atoms with Crippen LogP contribution in [0.1, 0.15) is 52.8 Å². The Hall–Kier alpha value is -3.08. The average Bonchev–Trinajstić information content (AvgIpc) is 3.24. The number of aryl methyl sites for hydroxylation is 1. The van der Waals surface area contributed by atoms with Gasteiger partial charge in [0.1, 0.15) is 0 Å². The summed E-state index contributed by atoms with van der Waals surface area (Å²) >= 11 is 0. The van der Waals surface area contributed by atoms with Gasteiger partial charge >= 0.3 is 0 Å². The molecule has 0 fully saturated rings. The van der Waals surface area contributed by atoms with Crippen molar-refractivity contribution in [3.8, 4) is 22.8 Å². The number of oxazole rings is 1. The molecule has 31 heavy (non-hydrogen) atoms. The highest BCUT2D eigenvalue weighted by atomic mass is 16.4. The number of amides is 1. The zero-order valence-electron chi connectivity index (χ0n) is 20.2. The van der Waals surface area contributed by atoms with Crippen molar-refractivity contribution in [2.24, 2.45) is 0 Å². The van der Waals surface area contributed by atoms with Crippen LogP contribution in [0.2, 0.25) is 0 Å². The molecule has 3 aromatic rings. The van der Waals surface area contributed by atoms with Crippen LogP contribution in [0, 0.1) is 0 Å². The molecule has 1 aromatic heterocycles. The van der Waals surface area contributed by atoms with E-state index in [0.717, 1.165) is 34.7 Å². The van der Waals surface area contributed by atoms with Crippen LogP contribution in [0.25, 0.3) is 22.8 Å². The Morgan fingerprint density at radius 2 is 1.45 bits per heavy atom. The highest BCUT2D eigenvalue weighted by Crippen LogP contribution is 2.32. The zero-order chi connectivity index (χ0) is 23.4. The Kier molecular flexibility index (Phi) is 10.5. The van der Waals surface area contributed by atoms with Crippen LogP contribution >= 0.6 is 0 Å². The number of aromatic nitrogens is 1. The second-order valence-corrected chi connectivity index (χ2v) is 7.71. The first-order valence-electron chi connectivity index (χ1n) is 10.8. The molecular weight excluding hydrogens is 386 g/mol. The summed E-state index contributed by atoms with van der Waals surface area (Å²) in [4.78, 5) is 13.8. The molecule has 0 aliphatic rings. The largest absolute Gasteiger partial charge is 0.436 e. The lowest BCUT2D eigenvalue weighted by molar-refractivity contribution is -0.109. The van der Waals surface area contributed by atoms with Gasteiger partial charge in [-0.3, -0.25) is 4.79 Å². The molecule has 0 saturated heterocycles. The van der Waals surface area contributed by atoms with Crippen molar-refractivity contribution in [2.75, 3.05) is 19.4 Å². The first-order chi connectivity index (χ1) is 14.8. The topological polar surface area (TPSA) is 67.2 Å². The van der Waals surface area contributed by atoms with E-state index in [4.69, 9.17) is 14.2 Å². The minimum Gasteiger partial charge on any atom is -0.436 e. The number of hydrogen-bond acceptors (Lipinski definition) is 4. The first-order valence-corrected chi connectivity index (χ1v) is 10.8. The van der Waals surface area contributed by atoms with E-state index in [0.29, 0.717) is 12.3 Å². The number of hydrogen-bond donors (Lipinski definition) is 2. The van der Waals surface area contributed by atoms with Crippen molar-refractivity contribution in [1.29, 1.82) is 0 Å². The molecule has 3 rings (SSSR count). The molecule has 5 heteroatoms. The molecule has 0 aliphatic heterocycles. The minimum atomic E-state index is 0.143. The van der Waals surface area contributed by atoms with Gasteiger partial charge in [-0.2, -0.15) is 0 Å². The van der Waals surface area contributed by atoms with Gasteiger partial charge in [0.05, 0.1) is 5.69 Å². The van der Waals surface area contributed by atoms with Crippen LogP contribution < -0.4 is 10.6 Å². The fraction of sp³-hybridized carbons (Fsp3) is 0.385. The second kappa shape index (κ2) is 12.6. The van der Waals surface area contributed by atoms with E-state index < -0.39 is 0 Å². The smallest absolute Gasteiger partial charge is 0.227 e. The van der Waals surface area contributed by atoms with Gasteiger partial charge in [-0.25, -0.2) is 4.98 Å². The van der Waals surface area contributed by atoms with E-state index >= 15 is 0 Å². The van der Waals surface area contributed by atoms with E-state index in [1.54, 1.807) is 7.05 Å². The Bertz CT molecular complexity index is 905. The van der Waals surface area contributed by atoms with Gasteiger partial charge < -0.3 is 15.1 Å². The lowest BCUT2D eigenvalue weighted by atomic mass is 9.87. The van der Waals surface area contributed by atoms with Crippen molar-refractivity contribution >= 4 is 12.1 Å².